The van der Waals surface area contributed by atoms with Gasteiger partial charge in [-0.05, 0) is 61.1 Å². The van der Waals surface area contributed by atoms with Crippen LogP contribution in [0.15, 0.2) is 43.1 Å². The lowest BCUT2D eigenvalue weighted by molar-refractivity contribution is -0.0761. The molecule has 1 aromatic carbocycles. The lowest BCUT2D eigenvalue weighted by atomic mass is 9.73. The highest BCUT2D eigenvalue weighted by Gasteiger charge is 2.43. The lowest BCUT2D eigenvalue weighted by Crippen LogP contribution is -2.55. The number of rotatable bonds is 5. The van der Waals surface area contributed by atoms with Crippen LogP contribution in [0.5, 0.6) is 5.75 Å². The molecule has 0 spiro atoms. The van der Waals surface area contributed by atoms with Crippen LogP contribution in [0, 0.1) is 11.8 Å². The van der Waals surface area contributed by atoms with Crippen LogP contribution in [-0.4, -0.2) is 36.1 Å². The molecular formula is C20H25N3O2. The predicted molar refractivity (Wildman–Crippen MR) is 98.1 cm³/mol. The zero-order valence-electron chi connectivity index (χ0n) is 14.6. The zero-order chi connectivity index (χ0) is 17.4. The van der Waals surface area contributed by atoms with Crippen molar-refractivity contribution in [1.82, 2.24) is 9.88 Å². The van der Waals surface area contributed by atoms with Gasteiger partial charge in [0, 0.05) is 24.2 Å². The number of pyridine rings is 1. The zero-order valence-corrected chi connectivity index (χ0v) is 14.6. The van der Waals surface area contributed by atoms with Crippen LogP contribution in [0.1, 0.15) is 24.5 Å². The summed E-state index contributed by atoms with van der Waals surface area (Å²) >= 11 is 0. The van der Waals surface area contributed by atoms with Gasteiger partial charge < -0.3 is 4.74 Å². The van der Waals surface area contributed by atoms with Gasteiger partial charge in [-0.1, -0.05) is 6.08 Å². The smallest absolute Gasteiger partial charge is 0.120 e. The molecule has 3 aliphatic rings. The fraction of sp³-hybridized carbons (Fsp3) is 0.450. The third-order valence-corrected chi connectivity index (χ3v) is 5.94. The van der Waals surface area contributed by atoms with Gasteiger partial charge in [0.15, 0.2) is 0 Å². The number of benzene rings is 1. The van der Waals surface area contributed by atoms with Gasteiger partial charge in [0.2, 0.25) is 0 Å². The van der Waals surface area contributed by atoms with E-state index in [1.807, 2.05) is 30.5 Å². The molecule has 5 atom stereocenters. The number of piperidine rings is 3. The first-order chi connectivity index (χ1) is 12.2. The molecule has 0 aliphatic carbocycles. The van der Waals surface area contributed by atoms with Crippen molar-refractivity contribution in [3.63, 3.8) is 0 Å². The van der Waals surface area contributed by atoms with Crippen LogP contribution >= 0.6 is 0 Å². The Bertz CT molecular complexity index is 779. The van der Waals surface area contributed by atoms with Crippen molar-refractivity contribution in [2.45, 2.75) is 25.0 Å². The third-order valence-electron chi connectivity index (χ3n) is 5.94. The molecule has 0 radical (unpaired) electrons. The van der Waals surface area contributed by atoms with Crippen molar-refractivity contribution in [2.75, 3.05) is 20.2 Å². The molecular weight excluding hydrogens is 314 g/mol. The first-order valence-electron chi connectivity index (χ1n) is 8.90. The Hall–Kier alpha value is -1.95. The highest BCUT2D eigenvalue weighted by atomic mass is 16.6. The molecule has 25 heavy (non-hydrogen) atoms. The van der Waals surface area contributed by atoms with Crippen LogP contribution in [0.4, 0.5) is 0 Å². The van der Waals surface area contributed by atoms with Gasteiger partial charge in [0.05, 0.1) is 12.6 Å². The Balaban J connectivity index is 1.72. The second-order valence-electron chi connectivity index (χ2n) is 7.09. The van der Waals surface area contributed by atoms with Gasteiger partial charge in [-0.15, -0.1) is 6.58 Å². The largest absolute Gasteiger partial charge is 0.497 e. The first-order valence-corrected chi connectivity index (χ1v) is 8.90. The molecule has 1 unspecified atom stereocenters. The van der Waals surface area contributed by atoms with Crippen molar-refractivity contribution in [3.8, 4) is 5.75 Å². The van der Waals surface area contributed by atoms with E-state index in [4.69, 9.17) is 15.5 Å². The van der Waals surface area contributed by atoms with Gasteiger partial charge in [-0.3, -0.25) is 14.7 Å². The van der Waals surface area contributed by atoms with E-state index in [9.17, 15) is 0 Å². The number of nitrogens with zero attached hydrogens (tertiary/aromatic N) is 2. The summed E-state index contributed by atoms with van der Waals surface area (Å²) in [5, 5.41) is 1.04. The minimum Gasteiger partial charge on any atom is -0.497 e. The van der Waals surface area contributed by atoms with Gasteiger partial charge in [-0.2, -0.15) is 0 Å². The second kappa shape index (κ2) is 6.75. The molecule has 2 bridgehead atoms. The maximum absolute atomic E-state index is 5.80. The number of methoxy groups -OCH3 is 1. The Morgan fingerprint density at radius 2 is 2.28 bits per heavy atom. The maximum Gasteiger partial charge on any atom is 0.120 e. The molecule has 2 N–H and O–H groups in total. The molecule has 5 nitrogen and oxygen atoms in total. The van der Waals surface area contributed by atoms with E-state index in [1.165, 1.54) is 6.42 Å². The minimum absolute atomic E-state index is 0.175. The number of hydrogen-bond acceptors (Lipinski definition) is 5. The average Bonchev–Trinajstić information content (AvgIpc) is 2.68. The molecule has 0 amide bonds. The van der Waals surface area contributed by atoms with Crippen molar-refractivity contribution in [2.24, 2.45) is 17.7 Å². The second-order valence-corrected chi connectivity index (χ2v) is 7.09. The summed E-state index contributed by atoms with van der Waals surface area (Å²) in [5.74, 6) is 7.87. The van der Waals surface area contributed by atoms with E-state index in [0.717, 1.165) is 41.7 Å². The van der Waals surface area contributed by atoms with Gasteiger partial charge in [-0.25, -0.2) is 5.90 Å². The molecule has 1 aromatic heterocycles. The monoisotopic (exact) mass is 339 g/mol. The van der Waals surface area contributed by atoms with E-state index in [0.29, 0.717) is 11.8 Å². The van der Waals surface area contributed by atoms with Crippen molar-refractivity contribution in [3.05, 3.63) is 48.7 Å². The normalized spacial score (nSPS) is 29.5. The van der Waals surface area contributed by atoms with E-state index < -0.39 is 0 Å². The van der Waals surface area contributed by atoms with Gasteiger partial charge >= 0.3 is 0 Å². The Morgan fingerprint density at radius 1 is 1.40 bits per heavy atom. The summed E-state index contributed by atoms with van der Waals surface area (Å²) in [6.45, 7) is 6.16. The standard InChI is InChI=1S/C20H25N3O2/c1-3-13-12-23-9-7-14(13)10-19(23)20(25-21)16-6-8-22-18-5-4-15(24-2)11-17(16)18/h3-6,8,11,13-14,19-20H,1,7,9-10,12,21H2,2H3/t13-,14-,19+,20-/m0/s1. The van der Waals surface area contributed by atoms with Gasteiger partial charge in [0.25, 0.3) is 0 Å². The number of ether oxygens (including phenoxy) is 1. The Kier molecular flexibility index (Phi) is 4.46. The highest BCUT2D eigenvalue weighted by molar-refractivity contribution is 5.84. The fourth-order valence-corrected chi connectivity index (χ4v) is 4.58. The van der Waals surface area contributed by atoms with E-state index in [2.05, 4.69) is 22.5 Å². The highest BCUT2D eigenvalue weighted by Crippen LogP contribution is 2.43. The Morgan fingerprint density at radius 3 is 2.96 bits per heavy atom. The molecule has 0 saturated carbocycles. The summed E-state index contributed by atoms with van der Waals surface area (Å²) in [7, 11) is 1.68. The van der Waals surface area contributed by atoms with Crippen LogP contribution < -0.4 is 10.6 Å². The molecule has 2 aromatic rings. The predicted octanol–water partition coefficient (Wildman–Crippen LogP) is 3.07. The molecule has 4 heterocycles. The molecule has 3 saturated heterocycles. The summed E-state index contributed by atoms with van der Waals surface area (Å²) in [6.07, 6.45) is 6.09. The topological polar surface area (TPSA) is 60.6 Å². The molecule has 132 valence electrons. The van der Waals surface area contributed by atoms with E-state index >= 15 is 0 Å². The molecule has 5 heteroatoms. The minimum atomic E-state index is -0.175. The van der Waals surface area contributed by atoms with Crippen LogP contribution in [0.25, 0.3) is 10.9 Å². The van der Waals surface area contributed by atoms with Gasteiger partial charge in [0.1, 0.15) is 11.9 Å². The molecule has 5 rings (SSSR count). The Labute approximate surface area is 148 Å². The number of hydrogen-bond donors (Lipinski definition) is 1. The summed E-state index contributed by atoms with van der Waals surface area (Å²) in [6, 6.07) is 8.24. The van der Waals surface area contributed by atoms with Crippen LogP contribution in [0.3, 0.4) is 0 Å². The average molecular weight is 339 g/mol. The quantitative estimate of drug-likeness (QED) is 0.670. The number of aromatic nitrogens is 1. The van der Waals surface area contributed by atoms with Crippen LogP contribution in [-0.2, 0) is 4.84 Å². The maximum atomic E-state index is 5.80. The van der Waals surface area contributed by atoms with Crippen LogP contribution in [0.2, 0.25) is 0 Å². The van der Waals surface area contributed by atoms with Crippen molar-refractivity contribution >= 4 is 10.9 Å². The molecule has 3 fully saturated rings. The van der Waals surface area contributed by atoms with E-state index in [1.54, 1.807) is 7.11 Å². The number of fused-ring (bicyclic) bond motifs is 4. The SMILES string of the molecule is C=C[C@H]1CN2CC[C@H]1C[C@@H]2[C@@H](ON)c1ccnc2ccc(OC)cc12. The third kappa shape index (κ3) is 2.82. The fourth-order valence-electron chi connectivity index (χ4n) is 4.58. The number of nitrogens with two attached hydrogens (primary N) is 1. The summed E-state index contributed by atoms with van der Waals surface area (Å²) in [4.78, 5) is 12.5. The first kappa shape index (κ1) is 16.5. The van der Waals surface area contributed by atoms with Crippen molar-refractivity contribution in [1.29, 1.82) is 0 Å². The lowest BCUT2D eigenvalue weighted by Gasteiger charge is -2.51. The van der Waals surface area contributed by atoms with Crippen molar-refractivity contribution < 1.29 is 9.57 Å². The van der Waals surface area contributed by atoms with E-state index in [-0.39, 0.29) is 12.1 Å². The summed E-state index contributed by atoms with van der Waals surface area (Å²) in [5.41, 5.74) is 2.01. The molecule has 3 aliphatic heterocycles. The summed E-state index contributed by atoms with van der Waals surface area (Å²) < 4.78 is 5.39.